The standard InChI is InChI=1S/C22H37N7/c1-23-22(26-19-9-11-29(17-19)20-7-3-4-8-20)25-16-18-6-5-10-24-21(18)28-14-12-27(2)13-15-28/h5-6,10,19-20H,3-4,7-9,11-17H2,1-2H3,(H2,23,25,26). The zero-order chi connectivity index (χ0) is 20.1. The maximum absolute atomic E-state index is 4.69. The zero-order valence-corrected chi connectivity index (χ0v) is 18.1. The Labute approximate surface area is 175 Å². The molecule has 1 unspecified atom stereocenters. The SMILES string of the molecule is CN=C(NCc1cccnc1N1CCN(C)CC1)NC1CCN(C2CCCC2)C1. The lowest BCUT2D eigenvalue weighted by Gasteiger charge is -2.34. The van der Waals surface area contributed by atoms with Gasteiger partial charge in [-0.2, -0.15) is 0 Å². The molecule has 1 saturated carbocycles. The van der Waals surface area contributed by atoms with E-state index in [9.17, 15) is 0 Å². The number of guanidine groups is 1. The lowest BCUT2D eigenvalue weighted by molar-refractivity contribution is 0.242. The van der Waals surface area contributed by atoms with E-state index in [0.29, 0.717) is 6.04 Å². The zero-order valence-electron chi connectivity index (χ0n) is 18.1. The van der Waals surface area contributed by atoms with Crippen molar-refractivity contribution in [1.29, 1.82) is 0 Å². The van der Waals surface area contributed by atoms with Crippen LogP contribution < -0.4 is 15.5 Å². The Hall–Kier alpha value is -1.86. The first-order valence-corrected chi connectivity index (χ1v) is 11.3. The smallest absolute Gasteiger partial charge is 0.191 e. The third-order valence-electron chi connectivity index (χ3n) is 6.74. The highest BCUT2D eigenvalue weighted by Gasteiger charge is 2.30. The molecule has 1 atom stereocenters. The van der Waals surface area contributed by atoms with Gasteiger partial charge in [0.15, 0.2) is 5.96 Å². The van der Waals surface area contributed by atoms with Crippen LogP contribution in [0.3, 0.4) is 0 Å². The average molecular weight is 400 g/mol. The normalized spacial score (nSPS) is 25.0. The fourth-order valence-electron chi connectivity index (χ4n) is 4.94. The molecular formula is C22H37N7. The Morgan fingerprint density at radius 1 is 1.14 bits per heavy atom. The van der Waals surface area contributed by atoms with E-state index in [1.165, 1.54) is 44.2 Å². The van der Waals surface area contributed by atoms with Gasteiger partial charge in [0.2, 0.25) is 0 Å². The molecule has 3 heterocycles. The number of likely N-dealkylation sites (tertiary alicyclic amines) is 1. The van der Waals surface area contributed by atoms with E-state index in [2.05, 4.69) is 48.4 Å². The van der Waals surface area contributed by atoms with Crippen molar-refractivity contribution in [3.8, 4) is 0 Å². The first-order valence-electron chi connectivity index (χ1n) is 11.3. The van der Waals surface area contributed by atoms with Crippen molar-refractivity contribution in [1.82, 2.24) is 25.4 Å². The minimum Gasteiger partial charge on any atom is -0.354 e. The fraction of sp³-hybridized carbons (Fsp3) is 0.727. The van der Waals surface area contributed by atoms with Crippen LogP contribution in [0.2, 0.25) is 0 Å². The first-order chi connectivity index (χ1) is 14.2. The molecule has 1 aliphatic carbocycles. The monoisotopic (exact) mass is 399 g/mol. The Morgan fingerprint density at radius 3 is 2.69 bits per heavy atom. The minimum atomic E-state index is 0.493. The number of anilines is 1. The van der Waals surface area contributed by atoms with E-state index in [4.69, 9.17) is 0 Å². The fourth-order valence-corrected chi connectivity index (χ4v) is 4.94. The van der Waals surface area contributed by atoms with Crippen molar-refractivity contribution in [3.63, 3.8) is 0 Å². The molecular weight excluding hydrogens is 362 g/mol. The lowest BCUT2D eigenvalue weighted by Crippen LogP contribution is -2.46. The van der Waals surface area contributed by atoms with Gasteiger partial charge in [0.05, 0.1) is 0 Å². The second-order valence-electron chi connectivity index (χ2n) is 8.77. The molecule has 7 nitrogen and oxygen atoms in total. The topological polar surface area (TPSA) is 59.0 Å². The molecule has 1 aromatic rings. The second kappa shape index (κ2) is 9.76. The summed E-state index contributed by atoms with van der Waals surface area (Å²) in [7, 11) is 4.05. The van der Waals surface area contributed by atoms with Crippen LogP contribution in [0, 0.1) is 0 Å². The van der Waals surface area contributed by atoms with Crippen molar-refractivity contribution < 1.29 is 0 Å². The van der Waals surface area contributed by atoms with E-state index in [1.54, 1.807) is 0 Å². The Bertz CT molecular complexity index is 677. The van der Waals surface area contributed by atoms with Crippen molar-refractivity contribution in [2.45, 2.75) is 50.7 Å². The summed E-state index contributed by atoms with van der Waals surface area (Å²) in [6.07, 6.45) is 8.69. The van der Waals surface area contributed by atoms with Crippen LogP contribution in [0.1, 0.15) is 37.7 Å². The van der Waals surface area contributed by atoms with Crippen LogP contribution in [0.15, 0.2) is 23.3 Å². The van der Waals surface area contributed by atoms with Crippen LogP contribution in [-0.4, -0.2) is 86.2 Å². The number of nitrogens with one attached hydrogen (secondary N) is 2. The molecule has 2 aliphatic heterocycles. The number of aliphatic imine (C=N–C) groups is 1. The Balaban J connectivity index is 1.30. The number of hydrogen-bond donors (Lipinski definition) is 2. The molecule has 0 bridgehead atoms. The maximum atomic E-state index is 4.69. The van der Waals surface area contributed by atoms with Crippen LogP contribution >= 0.6 is 0 Å². The quantitative estimate of drug-likeness (QED) is 0.578. The summed E-state index contributed by atoms with van der Waals surface area (Å²) < 4.78 is 0. The summed E-state index contributed by atoms with van der Waals surface area (Å²) in [6.45, 7) is 7.35. The van der Waals surface area contributed by atoms with Crippen LogP contribution in [0.4, 0.5) is 5.82 Å². The predicted molar refractivity (Wildman–Crippen MR) is 120 cm³/mol. The van der Waals surface area contributed by atoms with Gasteiger partial charge in [0.1, 0.15) is 5.82 Å². The molecule has 1 aromatic heterocycles. The summed E-state index contributed by atoms with van der Waals surface area (Å²) in [6, 6.07) is 5.52. The number of hydrogen-bond acceptors (Lipinski definition) is 5. The van der Waals surface area contributed by atoms with E-state index in [1.807, 2.05) is 19.3 Å². The average Bonchev–Trinajstić information content (AvgIpc) is 3.44. The summed E-state index contributed by atoms with van der Waals surface area (Å²) in [5.41, 5.74) is 1.24. The molecule has 0 amide bonds. The van der Waals surface area contributed by atoms with Gasteiger partial charge in [0, 0.05) is 76.7 Å². The van der Waals surface area contributed by atoms with Crippen molar-refractivity contribution in [2.24, 2.45) is 4.99 Å². The van der Waals surface area contributed by atoms with Crippen molar-refractivity contribution in [2.75, 3.05) is 58.3 Å². The van der Waals surface area contributed by atoms with Gasteiger partial charge in [-0.3, -0.25) is 9.89 Å². The number of aromatic nitrogens is 1. The molecule has 0 radical (unpaired) electrons. The number of nitrogens with zero attached hydrogens (tertiary/aromatic N) is 5. The van der Waals surface area contributed by atoms with Gasteiger partial charge in [-0.05, 0) is 32.4 Å². The molecule has 0 aromatic carbocycles. The van der Waals surface area contributed by atoms with Gasteiger partial charge < -0.3 is 20.4 Å². The van der Waals surface area contributed by atoms with E-state index in [-0.39, 0.29) is 0 Å². The van der Waals surface area contributed by atoms with Gasteiger partial charge in [-0.15, -0.1) is 0 Å². The van der Waals surface area contributed by atoms with Gasteiger partial charge in [0.25, 0.3) is 0 Å². The van der Waals surface area contributed by atoms with Crippen LogP contribution in [0.5, 0.6) is 0 Å². The van der Waals surface area contributed by atoms with E-state index in [0.717, 1.165) is 57.1 Å². The van der Waals surface area contributed by atoms with Crippen LogP contribution in [-0.2, 0) is 6.54 Å². The Kier molecular flexibility index (Phi) is 6.87. The third-order valence-corrected chi connectivity index (χ3v) is 6.74. The van der Waals surface area contributed by atoms with Gasteiger partial charge >= 0.3 is 0 Å². The molecule has 4 rings (SSSR count). The molecule has 2 N–H and O–H groups in total. The number of piperazine rings is 1. The summed E-state index contributed by atoms with van der Waals surface area (Å²) in [5.74, 6) is 2.01. The summed E-state index contributed by atoms with van der Waals surface area (Å²) in [5, 5.41) is 7.18. The molecule has 29 heavy (non-hydrogen) atoms. The molecule has 7 heteroatoms. The van der Waals surface area contributed by atoms with Gasteiger partial charge in [-0.25, -0.2) is 4.98 Å². The summed E-state index contributed by atoms with van der Waals surface area (Å²) >= 11 is 0. The number of rotatable bonds is 5. The van der Waals surface area contributed by atoms with E-state index >= 15 is 0 Å². The van der Waals surface area contributed by atoms with Crippen LogP contribution in [0.25, 0.3) is 0 Å². The second-order valence-corrected chi connectivity index (χ2v) is 8.77. The molecule has 2 saturated heterocycles. The van der Waals surface area contributed by atoms with Gasteiger partial charge in [-0.1, -0.05) is 18.9 Å². The maximum Gasteiger partial charge on any atom is 0.191 e. The predicted octanol–water partition coefficient (Wildman–Crippen LogP) is 1.52. The lowest BCUT2D eigenvalue weighted by atomic mass is 10.2. The molecule has 160 valence electrons. The first kappa shape index (κ1) is 20.4. The largest absolute Gasteiger partial charge is 0.354 e. The molecule has 3 fully saturated rings. The molecule has 0 spiro atoms. The highest BCUT2D eigenvalue weighted by atomic mass is 15.3. The third kappa shape index (κ3) is 5.20. The highest BCUT2D eigenvalue weighted by molar-refractivity contribution is 5.80. The van der Waals surface area contributed by atoms with Crippen molar-refractivity contribution in [3.05, 3.63) is 23.9 Å². The van der Waals surface area contributed by atoms with E-state index < -0.39 is 0 Å². The number of pyridine rings is 1. The minimum absolute atomic E-state index is 0.493. The summed E-state index contributed by atoms with van der Waals surface area (Å²) in [4.78, 5) is 16.6. The van der Waals surface area contributed by atoms with Crippen molar-refractivity contribution >= 4 is 11.8 Å². The number of likely N-dealkylation sites (N-methyl/N-ethyl adjacent to an activating group) is 1. The Morgan fingerprint density at radius 2 is 1.93 bits per heavy atom. The molecule has 3 aliphatic rings. The highest BCUT2D eigenvalue weighted by Crippen LogP contribution is 2.26.